The van der Waals surface area contributed by atoms with Gasteiger partial charge < -0.3 is 15.9 Å². The summed E-state index contributed by atoms with van der Waals surface area (Å²) in [6.07, 6.45) is 1.30. The van der Waals surface area contributed by atoms with Crippen molar-refractivity contribution < 1.29 is 10.2 Å². The van der Waals surface area contributed by atoms with Crippen molar-refractivity contribution in [3.63, 3.8) is 0 Å². The molecular weight excluding hydrogens is 138 g/mol. The lowest BCUT2D eigenvalue weighted by atomic mass is 10.2. The van der Waals surface area contributed by atoms with Crippen LogP contribution in [0, 0.1) is 0 Å². The lowest BCUT2D eigenvalue weighted by Crippen LogP contribution is -2.39. The molecule has 0 heterocycles. The largest absolute Gasteiger partial charge is 0.395 e. The third-order valence-corrected chi connectivity index (χ3v) is 1.72. The number of aliphatic hydroxyl groups is 2. The molecule has 2 atom stereocenters. The molecule has 4 heteroatoms. The first-order chi connectivity index (χ1) is 4.22. The van der Waals surface area contributed by atoms with Gasteiger partial charge in [-0.1, -0.05) is 0 Å². The Hall–Kier alpha value is 0.230. The van der Waals surface area contributed by atoms with Crippen LogP contribution in [0.4, 0.5) is 0 Å². The van der Waals surface area contributed by atoms with Gasteiger partial charge in [0.05, 0.1) is 18.8 Å². The van der Waals surface area contributed by atoms with Crippen molar-refractivity contribution in [1.29, 1.82) is 0 Å². The fourth-order valence-corrected chi connectivity index (χ4v) is 1.00. The second-order valence-electron chi connectivity index (χ2n) is 1.87. The minimum atomic E-state index is -0.579. The molecule has 0 aliphatic rings. The summed E-state index contributed by atoms with van der Waals surface area (Å²) in [5.41, 5.74) is 5.29. The molecule has 4 N–H and O–H groups in total. The van der Waals surface area contributed by atoms with Crippen LogP contribution >= 0.6 is 11.8 Å². The fourth-order valence-electron chi connectivity index (χ4n) is 0.416. The van der Waals surface area contributed by atoms with Crippen LogP contribution in [-0.2, 0) is 0 Å². The zero-order valence-corrected chi connectivity index (χ0v) is 6.27. The molecule has 0 fully saturated rings. The molecule has 0 aromatic rings. The van der Waals surface area contributed by atoms with E-state index >= 15 is 0 Å². The highest BCUT2D eigenvalue weighted by atomic mass is 32.2. The summed E-state index contributed by atoms with van der Waals surface area (Å²) in [6, 6.07) is -0.488. The van der Waals surface area contributed by atoms with Crippen molar-refractivity contribution in [3.8, 4) is 0 Å². The smallest absolute Gasteiger partial charge is 0.0803 e. The van der Waals surface area contributed by atoms with Crippen molar-refractivity contribution in [2.75, 3.05) is 18.6 Å². The third kappa shape index (κ3) is 3.75. The highest BCUT2D eigenvalue weighted by molar-refractivity contribution is 7.98. The molecule has 0 aromatic heterocycles. The molecular formula is C5H13NO2S. The Labute approximate surface area is 59.3 Å². The predicted octanol–water partition coefficient (Wildman–Crippen LogP) is -0.970. The zero-order chi connectivity index (χ0) is 7.28. The molecule has 0 aliphatic carbocycles. The van der Waals surface area contributed by atoms with Crippen molar-refractivity contribution >= 4 is 11.8 Å². The first kappa shape index (κ1) is 9.23. The molecule has 0 radical (unpaired) electrons. The van der Waals surface area contributed by atoms with E-state index in [1.54, 1.807) is 0 Å². The standard InChI is InChI=1S/C5H13NO2S/c1-9-3-5(8)4(6)2-7/h4-5,7-8H,2-3,6H2,1H3/t4-,5+/m0/s1. The van der Waals surface area contributed by atoms with Crippen LogP contribution in [0.1, 0.15) is 0 Å². The number of rotatable bonds is 4. The molecule has 56 valence electrons. The van der Waals surface area contributed by atoms with Gasteiger partial charge in [-0.3, -0.25) is 0 Å². The highest BCUT2D eigenvalue weighted by Crippen LogP contribution is 1.98. The number of hydrogen-bond donors (Lipinski definition) is 3. The number of nitrogens with two attached hydrogens (primary N) is 1. The van der Waals surface area contributed by atoms with Gasteiger partial charge in [0.15, 0.2) is 0 Å². The Bertz CT molecular complexity index is 72.0. The normalized spacial score (nSPS) is 17.3. The van der Waals surface area contributed by atoms with E-state index in [0.717, 1.165) is 0 Å². The Morgan fingerprint density at radius 1 is 1.67 bits per heavy atom. The Kier molecular flexibility index (Phi) is 5.18. The summed E-state index contributed by atoms with van der Waals surface area (Å²) in [5.74, 6) is 0.585. The molecule has 0 rings (SSSR count). The molecule has 9 heavy (non-hydrogen) atoms. The quantitative estimate of drug-likeness (QED) is 0.483. The fraction of sp³-hybridized carbons (Fsp3) is 1.00. The zero-order valence-electron chi connectivity index (χ0n) is 5.45. The maximum atomic E-state index is 9.01. The molecule has 0 bridgehead atoms. The van der Waals surface area contributed by atoms with Crippen molar-refractivity contribution in [2.24, 2.45) is 5.73 Å². The summed E-state index contributed by atoms with van der Waals surface area (Å²) in [5, 5.41) is 17.4. The summed E-state index contributed by atoms with van der Waals surface area (Å²) >= 11 is 1.51. The van der Waals surface area contributed by atoms with E-state index in [9.17, 15) is 0 Å². The van der Waals surface area contributed by atoms with E-state index in [-0.39, 0.29) is 6.61 Å². The maximum absolute atomic E-state index is 9.01. The van der Waals surface area contributed by atoms with Gasteiger partial charge in [0.2, 0.25) is 0 Å². The third-order valence-electron chi connectivity index (χ3n) is 1.04. The summed E-state index contributed by atoms with van der Waals surface area (Å²) in [4.78, 5) is 0. The lowest BCUT2D eigenvalue weighted by Gasteiger charge is -2.14. The predicted molar refractivity (Wildman–Crippen MR) is 39.5 cm³/mol. The number of thioether (sulfide) groups is 1. The first-order valence-corrected chi connectivity index (χ1v) is 4.15. The monoisotopic (exact) mass is 151 g/mol. The van der Waals surface area contributed by atoms with Gasteiger partial charge in [0.1, 0.15) is 0 Å². The first-order valence-electron chi connectivity index (χ1n) is 2.75. The Balaban J connectivity index is 3.32. The van der Waals surface area contributed by atoms with Crippen LogP contribution in [0.5, 0.6) is 0 Å². The summed E-state index contributed by atoms with van der Waals surface area (Å²) in [7, 11) is 0. The SMILES string of the molecule is CSC[C@@H](O)[C@@H](N)CO. The van der Waals surface area contributed by atoms with E-state index < -0.39 is 12.1 Å². The van der Waals surface area contributed by atoms with Crippen LogP contribution < -0.4 is 5.73 Å². The van der Waals surface area contributed by atoms with E-state index in [1.807, 2.05) is 6.26 Å². The van der Waals surface area contributed by atoms with Gasteiger partial charge in [-0.05, 0) is 6.26 Å². The second kappa shape index (κ2) is 5.05. The molecule has 0 saturated carbocycles. The summed E-state index contributed by atoms with van der Waals surface area (Å²) in [6.45, 7) is -0.151. The van der Waals surface area contributed by atoms with E-state index in [0.29, 0.717) is 5.75 Å². The number of hydrogen-bond acceptors (Lipinski definition) is 4. The average molecular weight is 151 g/mol. The molecule has 0 aromatic carbocycles. The van der Waals surface area contributed by atoms with Gasteiger partial charge in [-0.25, -0.2) is 0 Å². The molecule has 3 nitrogen and oxygen atoms in total. The van der Waals surface area contributed by atoms with Crippen molar-refractivity contribution in [3.05, 3.63) is 0 Å². The second-order valence-corrected chi connectivity index (χ2v) is 2.78. The average Bonchev–Trinajstić information content (AvgIpc) is 1.87. The van der Waals surface area contributed by atoms with Crippen molar-refractivity contribution in [1.82, 2.24) is 0 Å². The van der Waals surface area contributed by atoms with Crippen LogP contribution in [0.25, 0.3) is 0 Å². The Morgan fingerprint density at radius 2 is 2.22 bits per heavy atom. The van der Waals surface area contributed by atoms with Gasteiger partial charge in [-0.2, -0.15) is 11.8 Å². The Morgan fingerprint density at radius 3 is 2.56 bits per heavy atom. The van der Waals surface area contributed by atoms with Crippen molar-refractivity contribution in [2.45, 2.75) is 12.1 Å². The maximum Gasteiger partial charge on any atom is 0.0803 e. The van der Waals surface area contributed by atoms with Crippen LogP contribution in [-0.4, -0.2) is 41.0 Å². The molecule has 0 saturated heterocycles. The van der Waals surface area contributed by atoms with Crippen LogP contribution in [0.15, 0.2) is 0 Å². The van der Waals surface area contributed by atoms with Crippen LogP contribution in [0.3, 0.4) is 0 Å². The van der Waals surface area contributed by atoms with E-state index in [1.165, 1.54) is 11.8 Å². The number of aliphatic hydroxyl groups excluding tert-OH is 2. The van der Waals surface area contributed by atoms with Gasteiger partial charge in [-0.15, -0.1) is 0 Å². The molecule has 0 unspecified atom stereocenters. The van der Waals surface area contributed by atoms with Gasteiger partial charge in [0.25, 0.3) is 0 Å². The summed E-state index contributed by atoms with van der Waals surface area (Å²) < 4.78 is 0. The van der Waals surface area contributed by atoms with Gasteiger partial charge in [0, 0.05) is 5.75 Å². The van der Waals surface area contributed by atoms with E-state index in [2.05, 4.69) is 0 Å². The molecule has 0 aliphatic heterocycles. The highest BCUT2D eigenvalue weighted by Gasteiger charge is 2.11. The molecule has 0 amide bonds. The minimum Gasteiger partial charge on any atom is -0.395 e. The van der Waals surface area contributed by atoms with Crippen LogP contribution in [0.2, 0.25) is 0 Å². The topological polar surface area (TPSA) is 66.5 Å². The van der Waals surface area contributed by atoms with Gasteiger partial charge >= 0.3 is 0 Å². The molecule has 0 spiro atoms. The minimum absolute atomic E-state index is 0.151. The lowest BCUT2D eigenvalue weighted by molar-refractivity contribution is 0.127. The van der Waals surface area contributed by atoms with E-state index in [4.69, 9.17) is 15.9 Å².